The normalized spacial score (nSPS) is 14.2. The Hall–Kier alpha value is -3.19. The topological polar surface area (TPSA) is 82.2 Å². The van der Waals surface area contributed by atoms with Gasteiger partial charge in [-0.3, -0.25) is 19.7 Å². The number of nitrogens with zero attached hydrogens (tertiary/aromatic N) is 4. The molecule has 2 aromatic heterocycles. The van der Waals surface area contributed by atoms with Crippen molar-refractivity contribution in [2.45, 2.75) is 0 Å². The highest BCUT2D eigenvalue weighted by Gasteiger charge is 2.26. The van der Waals surface area contributed by atoms with Gasteiger partial charge in [-0.1, -0.05) is 17.7 Å². The van der Waals surface area contributed by atoms with Gasteiger partial charge in [0.2, 0.25) is 0 Å². The summed E-state index contributed by atoms with van der Waals surface area (Å²) >= 11 is 5.97. The van der Waals surface area contributed by atoms with Crippen LogP contribution in [0.4, 0.5) is 0 Å². The smallest absolute Gasteiger partial charge is 0.272 e. The van der Waals surface area contributed by atoms with Crippen molar-refractivity contribution in [2.75, 3.05) is 26.2 Å². The van der Waals surface area contributed by atoms with E-state index in [2.05, 4.69) is 15.2 Å². The van der Waals surface area contributed by atoms with Crippen LogP contribution < -0.4 is 0 Å². The Morgan fingerprint density at radius 2 is 1.71 bits per heavy atom. The summed E-state index contributed by atoms with van der Waals surface area (Å²) < 4.78 is 0. The second-order valence-electron chi connectivity index (χ2n) is 6.50. The van der Waals surface area contributed by atoms with Crippen LogP contribution in [0.3, 0.4) is 0 Å². The molecular weight excluding hydrogens is 378 g/mol. The summed E-state index contributed by atoms with van der Waals surface area (Å²) in [6.45, 7) is 1.88. The van der Waals surface area contributed by atoms with E-state index in [0.717, 1.165) is 5.56 Å². The van der Waals surface area contributed by atoms with Crippen LogP contribution in [-0.4, -0.2) is 63.0 Å². The zero-order chi connectivity index (χ0) is 19.5. The third kappa shape index (κ3) is 3.75. The number of pyridine rings is 1. The van der Waals surface area contributed by atoms with Crippen LogP contribution in [0, 0.1) is 0 Å². The molecule has 142 valence electrons. The molecule has 7 nitrogen and oxygen atoms in total. The molecule has 0 radical (unpaired) electrons. The molecular formula is C20H18ClN5O2. The van der Waals surface area contributed by atoms with Crippen LogP contribution in [0.1, 0.15) is 20.8 Å². The van der Waals surface area contributed by atoms with Crippen LogP contribution in [-0.2, 0) is 0 Å². The van der Waals surface area contributed by atoms with Crippen molar-refractivity contribution in [3.05, 3.63) is 71.1 Å². The van der Waals surface area contributed by atoms with Gasteiger partial charge in [-0.05, 0) is 36.4 Å². The summed E-state index contributed by atoms with van der Waals surface area (Å²) in [6, 6.07) is 12.3. The van der Waals surface area contributed by atoms with Gasteiger partial charge < -0.3 is 9.80 Å². The number of amides is 2. The number of halogens is 1. The number of aromatic nitrogens is 3. The number of hydrogen-bond acceptors (Lipinski definition) is 4. The van der Waals surface area contributed by atoms with Crippen molar-refractivity contribution in [3.8, 4) is 11.3 Å². The van der Waals surface area contributed by atoms with Crippen LogP contribution >= 0.6 is 11.6 Å². The lowest BCUT2D eigenvalue weighted by Gasteiger charge is -2.34. The van der Waals surface area contributed by atoms with Crippen molar-refractivity contribution in [2.24, 2.45) is 0 Å². The molecule has 2 amide bonds. The monoisotopic (exact) mass is 395 g/mol. The van der Waals surface area contributed by atoms with Crippen LogP contribution in [0.15, 0.2) is 54.9 Å². The molecule has 3 heterocycles. The highest BCUT2D eigenvalue weighted by Crippen LogP contribution is 2.18. The lowest BCUT2D eigenvalue weighted by Crippen LogP contribution is -2.50. The molecule has 1 N–H and O–H groups in total. The summed E-state index contributed by atoms with van der Waals surface area (Å²) in [6.07, 6.45) is 3.39. The Morgan fingerprint density at radius 3 is 2.39 bits per heavy atom. The highest BCUT2D eigenvalue weighted by molar-refractivity contribution is 6.30. The summed E-state index contributed by atoms with van der Waals surface area (Å²) in [5.74, 6) is -0.201. The summed E-state index contributed by atoms with van der Waals surface area (Å²) in [5, 5.41) is 7.54. The van der Waals surface area contributed by atoms with Crippen LogP contribution in [0.2, 0.25) is 5.02 Å². The van der Waals surface area contributed by atoms with E-state index in [0.29, 0.717) is 48.2 Å². The van der Waals surface area contributed by atoms with E-state index in [4.69, 9.17) is 11.6 Å². The predicted octanol–water partition coefficient (Wildman–Crippen LogP) is 2.72. The van der Waals surface area contributed by atoms with Gasteiger partial charge in [0.15, 0.2) is 0 Å². The molecule has 1 aromatic carbocycles. The zero-order valence-corrected chi connectivity index (χ0v) is 15.8. The molecule has 1 fully saturated rings. The molecule has 0 aliphatic carbocycles. The fraction of sp³-hybridized carbons (Fsp3) is 0.200. The standard InChI is InChI=1S/C20H18ClN5O2/c21-16-5-1-3-14(11-16)19(27)25-7-9-26(10-8-25)20(28)18-12-17(23-24-18)15-4-2-6-22-13-15/h1-6,11-13H,7-10H2,(H,23,24). The number of carbonyl (C=O) groups excluding carboxylic acids is 2. The minimum Gasteiger partial charge on any atom is -0.335 e. The molecule has 0 unspecified atom stereocenters. The maximum atomic E-state index is 12.8. The van der Waals surface area contributed by atoms with Crippen molar-refractivity contribution < 1.29 is 9.59 Å². The largest absolute Gasteiger partial charge is 0.335 e. The Balaban J connectivity index is 1.39. The van der Waals surface area contributed by atoms with Gasteiger partial charge in [0.05, 0.1) is 5.69 Å². The molecule has 8 heteroatoms. The SMILES string of the molecule is O=C(c1cccc(Cl)c1)N1CCN(C(=O)c2cc(-c3cccnc3)n[nH]2)CC1. The molecule has 4 rings (SSSR count). The summed E-state index contributed by atoms with van der Waals surface area (Å²) in [4.78, 5) is 32.9. The molecule has 0 atom stereocenters. The number of aromatic amines is 1. The van der Waals surface area contributed by atoms with Gasteiger partial charge in [-0.25, -0.2) is 0 Å². The summed E-state index contributed by atoms with van der Waals surface area (Å²) in [5.41, 5.74) is 2.50. The van der Waals surface area contributed by atoms with Crippen molar-refractivity contribution >= 4 is 23.4 Å². The molecule has 0 saturated carbocycles. The molecule has 1 aliphatic heterocycles. The number of piperazine rings is 1. The summed E-state index contributed by atoms with van der Waals surface area (Å²) in [7, 11) is 0. The molecule has 0 bridgehead atoms. The van der Waals surface area contributed by atoms with E-state index in [1.54, 1.807) is 52.5 Å². The quantitative estimate of drug-likeness (QED) is 0.739. The lowest BCUT2D eigenvalue weighted by molar-refractivity contribution is 0.0532. The zero-order valence-electron chi connectivity index (χ0n) is 15.0. The van der Waals surface area contributed by atoms with E-state index in [9.17, 15) is 9.59 Å². The Bertz CT molecular complexity index is 997. The van der Waals surface area contributed by atoms with E-state index in [1.807, 2.05) is 12.1 Å². The first-order chi connectivity index (χ1) is 13.6. The van der Waals surface area contributed by atoms with Gasteiger partial charge in [0, 0.05) is 54.7 Å². The van der Waals surface area contributed by atoms with E-state index < -0.39 is 0 Å². The van der Waals surface area contributed by atoms with Crippen molar-refractivity contribution in [3.63, 3.8) is 0 Å². The third-order valence-electron chi connectivity index (χ3n) is 4.69. The van der Waals surface area contributed by atoms with Gasteiger partial charge >= 0.3 is 0 Å². The van der Waals surface area contributed by atoms with Gasteiger partial charge in [-0.15, -0.1) is 0 Å². The molecule has 0 spiro atoms. The first-order valence-corrected chi connectivity index (χ1v) is 9.29. The average molecular weight is 396 g/mol. The average Bonchev–Trinajstić information content (AvgIpc) is 3.24. The Morgan fingerprint density at radius 1 is 0.964 bits per heavy atom. The molecule has 28 heavy (non-hydrogen) atoms. The number of hydrogen-bond donors (Lipinski definition) is 1. The van der Waals surface area contributed by atoms with Gasteiger partial charge in [0.1, 0.15) is 5.69 Å². The van der Waals surface area contributed by atoms with Crippen LogP contribution in [0.25, 0.3) is 11.3 Å². The second-order valence-corrected chi connectivity index (χ2v) is 6.94. The molecule has 3 aromatic rings. The second kappa shape index (κ2) is 7.82. The molecule has 1 saturated heterocycles. The fourth-order valence-electron chi connectivity index (χ4n) is 3.18. The van der Waals surface area contributed by atoms with E-state index in [1.165, 1.54) is 0 Å². The first kappa shape index (κ1) is 18.2. The van der Waals surface area contributed by atoms with E-state index >= 15 is 0 Å². The lowest BCUT2D eigenvalue weighted by atomic mass is 10.1. The number of carbonyl (C=O) groups is 2. The fourth-order valence-corrected chi connectivity index (χ4v) is 3.37. The number of H-pyrrole nitrogens is 1. The minimum atomic E-state index is -0.127. The Kier molecular flexibility index (Phi) is 5.08. The third-order valence-corrected chi connectivity index (χ3v) is 4.93. The van der Waals surface area contributed by atoms with Crippen molar-refractivity contribution in [1.82, 2.24) is 25.0 Å². The van der Waals surface area contributed by atoms with Crippen molar-refractivity contribution in [1.29, 1.82) is 0 Å². The number of nitrogens with one attached hydrogen (secondary N) is 1. The molecule has 1 aliphatic rings. The van der Waals surface area contributed by atoms with Gasteiger partial charge in [0.25, 0.3) is 11.8 Å². The highest BCUT2D eigenvalue weighted by atomic mass is 35.5. The van der Waals surface area contributed by atoms with E-state index in [-0.39, 0.29) is 11.8 Å². The van der Waals surface area contributed by atoms with Gasteiger partial charge in [-0.2, -0.15) is 5.10 Å². The predicted molar refractivity (Wildman–Crippen MR) is 105 cm³/mol. The number of rotatable bonds is 3. The minimum absolute atomic E-state index is 0.0741. The maximum absolute atomic E-state index is 12.8. The van der Waals surface area contributed by atoms with Crippen LogP contribution in [0.5, 0.6) is 0 Å². The first-order valence-electron chi connectivity index (χ1n) is 8.92. The number of benzene rings is 1. The Labute approximate surface area is 166 Å². The maximum Gasteiger partial charge on any atom is 0.272 e.